The standard InChI is InChI=1S/C17H15NO4/c1-22-12-8-6-11(7-9-12)16(19)18-10-14(17(20)21)13-4-2-3-5-15(13)18/h2-9,14H,10H2,1H3,(H,20,21). The minimum Gasteiger partial charge on any atom is -0.497 e. The van der Waals surface area contributed by atoms with E-state index >= 15 is 0 Å². The normalized spacial score (nSPS) is 16.2. The van der Waals surface area contributed by atoms with E-state index < -0.39 is 11.9 Å². The average molecular weight is 297 g/mol. The predicted molar refractivity (Wildman–Crippen MR) is 81.5 cm³/mol. The third-order valence-electron chi connectivity index (χ3n) is 3.85. The summed E-state index contributed by atoms with van der Waals surface area (Å²) in [5.74, 6) is -1.14. The van der Waals surface area contributed by atoms with Crippen LogP contribution in [0.4, 0.5) is 5.69 Å². The van der Waals surface area contributed by atoms with Gasteiger partial charge in [-0.1, -0.05) is 18.2 Å². The molecule has 22 heavy (non-hydrogen) atoms. The molecule has 3 rings (SSSR count). The number of methoxy groups -OCH3 is 1. The average Bonchev–Trinajstić information content (AvgIpc) is 2.94. The second kappa shape index (κ2) is 5.52. The number of fused-ring (bicyclic) bond motifs is 1. The molecule has 0 aliphatic carbocycles. The molecule has 112 valence electrons. The van der Waals surface area contributed by atoms with Gasteiger partial charge in [0, 0.05) is 17.8 Å². The zero-order valence-electron chi connectivity index (χ0n) is 12.0. The van der Waals surface area contributed by atoms with Gasteiger partial charge in [-0.15, -0.1) is 0 Å². The monoisotopic (exact) mass is 297 g/mol. The number of carbonyl (C=O) groups is 2. The fraction of sp³-hybridized carbons (Fsp3) is 0.176. The Kier molecular flexibility index (Phi) is 3.55. The van der Waals surface area contributed by atoms with E-state index in [1.807, 2.05) is 0 Å². The predicted octanol–water partition coefficient (Wildman–Crippen LogP) is 2.52. The van der Waals surface area contributed by atoms with Crippen LogP contribution in [0.5, 0.6) is 5.75 Å². The van der Waals surface area contributed by atoms with Crippen molar-refractivity contribution in [3.8, 4) is 5.75 Å². The van der Waals surface area contributed by atoms with E-state index in [0.29, 0.717) is 22.6 Å². The highest BCUT2D eigenvalue weighted by Crippen LogP contribution is 2.37. The number of carbonyl (C=O) groups excluding carboxylic acids is 1. The first-order chi connectivity index (χ1) is 10.6. The van der Waals surface area contributed by atoms with Gasteiger partial charge in [-0.3, -0.25) is 9.59 Å². The molecule has 1 amide bonds. The molecule has 5 heteroatoms. The lowest BCUT2D eigenvalue weighted by Crippen LogP contribution is -2.31. The number of nitrogens with zero attached hydrogens (tertiary/aromatic N) is 1. The molecule has 5 nitrogen and oxygen atoms in total. The highest BCUT2D eigenvalue weighted by atomic mass is 16.5. The minimum absolute atomic E-state index is 0.152. The Labute approximate surface area is 127 Å². The topological polar surface area (TPSA) is 66.8 Å². The maximum Gasteiger partial charge on any atom is 0.312 e. The van der Waals surface area contributed by atoms with Crippen molar-refractivity contribution in [1.29, 1.82) is 0 Å². The van der Waals surface area contributed by atoms with Crippen molar-refractivity contribution >= 4 is 17.6 Å². The summed E-state index contributed by atoms with van der Waals surface area (Å²) >= 11 is 0. The van der Waals surface area contributed by atoms with Crippen LogP contribution in [0.3, 0.4) is 0 Å². The second-order valence-electron chi connectivity index (χ2n) is 5.09. The lowest BCUT2D eigenvalue weighted by atomic mass is 10.0. The summed E-state index contributed by atoms with van der Waals surface area (Å²) in [4.78, 5) is 25.6. The molecule has 1 heterocycles. The number of ether oxygens (including phenoxy) is 1. The number of benzene rings is 2. The van der Waals surface area contributed by atoms with Gasteiger partial charge in [0.1, 0.15) is 11.7 Å². The lowest BCUT2D eigenvalue weighted by molar-refractivity contribution is -0.138. The van der Waals surface area contributed by atoms with E-state index in [2.05, 4.69) is 0 Å². The molecule has 0 saturated heterocycles. The number of carboxylic acids is 1. The summed E-state index contributed by atoms with van der Waals surface area (Å²) in [5.41, 5.74) is 1.84. The van der Waals surface area contributed by atoms with Crippen LogP contribution < -0.4 is 9.64 Å². The van der Waals surface area contributed by atoms with Crippen LogP contribution in [0.15, 0.2) is 48.5 Å². The van der Waals surface area contributed by atoms with E-state index in [9.17, 15) is 14.7 Å². The summed E-state index contributed by atoms with van der Waals surface area (Å²) < 4.78 is 5.08. The van der Waals surface area contributed by atoms with Gasteiger partial charge in [0.2, 0.25) is 0 Å². The van der Waals surface area contributed by atoms with Crippen LogP contribution in [0.25, 0.3) is 0 Å². The van der Waals surface area contributed by atoms with Gasteiger partial charge in [0.15, 0.2) is 0 Å². The van der Waals surface area contributed by atoms with Gasteiger partial charge in [-0.05, 0) is 35.9 Å². The van der Waals surface area contributed by atoms with Gasteiger partial charge < -0.3 is 14.7 Å². The van der Waals surface area contributed by atoms with Gasteiger partial charge >= 0.3 is 5.97 Å². The molecule has 1 unspecified atom stereocenters. The van der Waals surface area contributed by atoms with Crippen LogP contribution in [-0.2, 0) is 4.79 Å². The van der Waals surface area contributed by atoms with E-state index in [4.69, 9.17) is 4.74 Å². The number of carboxylic acid groups (broad SMARTS) is 1. The first kappa shape index (κ1) is 14.1. The summed E-state index contributed by atoms with van der Waals surface area (Å²) in [6, 6.07) is 13.9. The van der Waals surface area contributed by atoms with Gasteiger partial charge in [-0.2, -0.15) is 0 Å². The summed E-state index contributed by atoms with van der Waals surface area (Å²) in [7, 11) is 1.56. The van der Waals surface area contributed by atoms with Crippen LogP contribution in [0, 0.1) is 0 Å². The molecule has 2 aromatic rings. The molecule has 2 aromatic carbocycles. The van der Waals surface area contributed by atoms with Crippen molar-refractivity contribution in [2.45, 2.75) is 5.92 Å². The van der Waals surface area contributed by atoms with Crippen molar-refractivity contribution in [1.82, 2.24) is 0 Å². The summed E-state index contributed by atoms with van der Waals surface area (Å²) in [5, 5.41) is 9.34. The molecule has 0 fully saturated rings. The number of amides is 1. The van der Waals surface area contributed by atoms with Gasteiger partial charge in [0.05, 0.1) is 7.11 Å². The lowest BCUT2D eigenvalue weighted by Gasteiger charge is -2.17. The maximum absolute atomic E-state index is 12.7. The Morgan fingerprint density at radius 2 is 1.82 bits per heavy atom. The Hall–Kier alpha value is -2.82. The van der Waals surface area contributed by atoms with Crippen molar-refractivity contribution in [2.24, 2.45) is 0 Å². The zero-order chi connectivity index (χ0) is 15.7. The highest BCUT2D eigenvalue weighted by molar-refractivity contribution is 6.08. The van der Waals surface area contributed by atoms with Crippen molar-refractivity contribution in [2.75, 3.05) is 18.6 Å². The number of hydrogen-bond acceptors (Lipinski definition) is 3. The molecule has 1 atom stereocenters. The van der Waals surface area contributed by atoms with Crippen LogP contribution in [-0.4, -0.2) is 30.6 Å². The zero-order valence-corrected chi connectivity index (χ0v) is 12.0. The van der Waals surface area contributed by atoms with Crippen molar-refractivity contribution in [3.63, 3.8) is 0 Å². The molecule has 1 aliphatic heterocycles. The smallest absolute Gasteiger partial charge is 0.312 e. The fourth-order valence-corrected chi connectivity index (χ4v) is 2.70. The third-order valence-corrected chi connectivity index (χ3v) is 3.85. The Bertz CT molecular complexity index is 724. The number of para-hydroxylation sites is 1. The molecule has 0 bridgehead atoms. The van der Waals surface area contributed by atoms with Crippen LogP contribution in [0.1, 0.15) is 21.8 Å². The Morgan fingerprint density at radius 1 is 1.14 bits per heavy atom. The van der Waals surface area contributed by atoms with Crippen LogP contribution >= 0.6 is 0 Å². The maximum atomic E-state index is 12.7. The number of hydrogen-bond donors (Lipinski definition) is 1. The molecule has 0 spiro atoms. The van der Waals surface area contributed by atoms with Crippen molar-refractivity contribution in [3.05, 3.63) is 59.7 Å². The SMILES string of the molecule is COc1ccc(C(=O)N2CC(C(=O)O)c3ccccc32)cc1. The first-order valence-electron chi connectivity index (χ1n) is 6.89. The summed E-state index contributed by atoms with van der Waals surface area (Å²) in [6.07, 6.45) is 0. The molecular formula is C17H15NO4. The molecular weight excluding hydrogens is 282 g/mol. The van der Waals surface area contributed by atoms with E-state index in [-0.39, 0.29) is 12.5 Å². The van der Waals surface area contributed by atoms with Crippen molar-refractivity contribution < 1.29 is 19.4 Å². The van der Waals surface area contributed by atoms with E-state index in [1.165, 1.54) is 4.90 Å². The quantitative estimate of drug-likeness (QED) is 0.945. The Morgan fingerprint density at radius 3 is 2.45 bits per heavy atom. The third kappa shape index (κ3) is 2.30. The first-order valence-corrected chi connectivity index (χ1v) is 6.89. The van der Waals surface area contributed by atoms with Gasteiger partial charge in [0.25, 0.3) is 5.91 Å². The molecule has 1 aliphatic rings. The van der Waals surface area contributed by atoms with Gasteiger partial charge in [-0.25, -0.2) is 0 Å². The largest absolute Gasteiger partial charge is 0.497 e. The molecule has 0 aromatic heterocycles. The second-order valence-corrected chi connectivity index (χ2v) is 5.09. The Balaban J connectivity index is 1.94. The molecule has 0 saturated carbocycles. The van der Waals surface area contributed by atoms with E-state index in [0.717, 1.165) is 0 Å². The fourth-order valence-electron chi connectivity index (χ4n) is 2.70. The number of anilines is 1. The highest BCUT2D eigenvalue weighted by Gasteiger charge is 2.36. The molecule has 0 radical (unpaired) electrons. The van der Waals surface area contributed by atoms with E-state index in [1.54, 1.807) is 55.6 Å². The van der Waals surface area contributed by atoms with Crippen LogP contribution in [0.2, 0.25) is 0 Å². The summed E-state index contributed by atoms with van der Waals surface area (Å²) in [6.45, 7) is 0.152. The molecule has 1 N–H and O–H groups in total. The minimum atomic E-state index is -0.919. The number of aliphatic carboxylic acids is 1. The number of rotatable bonds is 3.